The lowest BCUT2D eigenvalue weighted by molar-refractivity contribution is -0.143. The van der Waals surface area contributed by atoms with Crippen molar-refractivity contribution in [2.24, 2.45) is 5.41 Å². The van der Waals surface area contributed by atoms with Crippen LogP contribution in [0.5, 0.6) is 0 Å². The summed E-state index contributed by atoms with van der Waals surface area (Å²) >= 11 is 0. The second-order valence-corrected chi connectivity index (χ2v) is 6.14. The molecular weight excluding hydrogens is 257 g/mol. The van der Waals surface area contributed by atoms with Gasteiger partial charge in [0, 0.05) is 24.9 Å². The number of hydrogen-bond donors (Lipinski definition) is 0. The molecule has 0 spiro atoms. The Morgan fingerprint density at radius 3 is 2.75 bits per heavy atom. The Balaban J connectivity index is 1.60. The number of benzene rings is 1. The molecule has 0 bridgehead atoms. The zero-order valence-electron chi connectivity index (χ0n) is 11.8. The molecule has 1 aromatic carbocycles. The summed E-state index contributed by atoms with van der Waals surface area (Å²) in [6.45, 7) is 3.97. The van der Waals surface area contributed by atoms with Gasteiger partial charge in [-0.2, -0.15) is 0 Å². The Bertz CT molecular complexity index is 496. The van der Waals surface area contributed by atoms with Gasteiger partial charge in [0.15, 0.2) is 0 Å². The molecule has 1 heterocycles. The van der Waals surface area contributed by atoms with E-state index in [1.807, 2.05) is 11.8 Å². The Morgan fingerprint density at radius 1 is 1.40 bits per heavy atom. The van der Waals surface area contributed by atoms with Crippen molar-refractivity contribution < 1.29 is 13.9 Å². The summed E-state index contributed by atoms with van der Waals surface area (Å²) in [7, 11) is 0. The minimum atomic E-state index is -0.225. The molecule has 0 radical (unpaired) electrons. The first-order chi connectivity index (χ1) is 9.57. The van der Waals surface area contributed by atoms with E-state index >= 15 is 0 Å². The van der Waals surface area contributed by atoms with Crippen molar-refractivity contribution in [3.05, 3.63) is 35.6 Å². The fourth-order valence-electron chi connectivity index (χ4n) is 2.69. The van der Waals surface area contributed by atoms with E-state index in [2.05, 4.69) is 0 Å². The molecule has 0 aromatic heterocycles. The van der Waals surface area contributed by atoms with Crippen molar-refractivity contribution in [2.75, 3.05) is 19.7 Å². The van der Waals surface area contributed by atoms with Crippen LogP contribution in [0.4, 0.5) is 4.39 Å². The topological polar surface area (TPSA) is 29.5 Å². The molecule has 1 saturated heterocycles. The summed E-state index contributed by atoms with van der Waals surface area (Å²) in [5.41, 5.74) is 0.931. The summed E-state index contributed by atoms with van der Waals surface area (Å²) in [6, 6.07) is 6.49. The molecule has 20 heavy (non-hydrogen) atoms. The molecule has 1 aromatic rings. The van der Waals surface area contributed by atoms with Gasteiger partial charge in [-0.05, 0) is 30.5 Å². The number of amides is 1. The van der Waals surface area contributed by atoms with Crippen molar-refractivity contribution in [1.82, 2.24) is 4.90 Å². The maximum atomic E-state index is 12.9. The lowest BCUT2D eigenvalue weighted by Crippen LogP contribution is -2.48. The Labute approximate surface area is 118 Å². The van der Waals surface area contributed by atoms with Crippen molar-refractivity contribution in [3.8, 4) is 0 Å². The predicted octanol–water partition coefficient (Wildman–Crippen LogP) is 2.40. The van der Waals surface area contributed by atoms with Gasteiger partial charge in [-0.3, -0.25) is 4.79 Å². The van der Waals surface area contributed by atoms with Gasteiger partial charge in [-0.15, -0.1) is 0 Å². The molecule has 1 saturated carbocycles. The molecule has 2 aliphatic rings. The fraction of sp³-hybridized carbons (Fsp3) is 0.562. The van der Waals surface area contributed by atoms with Crippen LogP contribution in [-0.2, 0) is 16.0 Å². The van der Waals surface area contributed by atoms with E-state index < -0.39 is 0 Å². The Hall–Kier alpha value is -1.42. The smallest absolute Gasteiger partial charge is 0.228 e. The monoisotopic (exact) mass is 277 g/mol. The van der Waals surface area contributed by atoms with Gasteiger partial charge < -0.3 is 9.64 Å². The summed E-state index contributed by atoms with van der Waals surface area (Å²) < 4.78 is 18.6. The summed E-state index contributed by atoms with van der Waals surface area (Å²) in [5, 5.41) is 0. The van der Waals surface area contributed by atoms with Crippen LogP contribution in [0, 0.1) is 11.2 Å². The zero-order valence-corrected chi connectivity index (χ0v) is 11.8. The third-order valence-electron chi connectivity index (χ3n) is 4.32. The highest BCUT2D eigenvalue weighted by Gasteiger charge is 2.47. The average Bonchev–Trinajstić information content (AvgIpc) is 3.20. The van der Waals surface area contributed by atoms with Gasteiger partial charge in [0.05, 0.1) is 12.7 Å². The fourth-order valence-corrected chi connectivity index (χ4v) is 2.69. The standard InChI is InChI=1S/C16H20FNO2/c1-16(6-7-16)15(19)18-8-9-20-14(11-18)10-12-2-4-13(17)5-3-12/h2-5,14H,6-11H2,1H3. The first kappa shape index (κ1) is 13.6. The van der Waals surface area contributed by atoms with Gasteiger partial charge in [-0.1, -0.05) is 19.1 Å². The lowest BCUT2D eigenvalue weighted by atomic mass is 10.0. The van der Waals surface area contributed by atoms with Gasteiger partial charge in [0.1, 0.15) is 5.82 Å². The van der Waals surface area contributed by atoms with Crippen LogP contribution in [0.1, 0.15) is 25.3 Å². The number of morpholine rings is 1. The molecule has 1 unspecified atom stereocenters. The largest absolute Gasteiger partial charge is 0.374 e. The molecular formula is C16H20FNO2. The predicted molar refractivity (Wildman–Crippen MR) is 73.8 cm³/mol. The van der Waals surface area contributed by atoms with Crippen LogP contribution in [0.3, 0.4) is 0 Å². The number of halogens is 1. The van der Waals surface area contributed by atoms with Gasteiger partial charge in [0.2, 0.25) is 5.91 Å². The molecule has 2 fully saturated rings. The second-order valence-electron chi connectivity index (χ2n) is 6.14. The van der Waals surface area contributed by atoms with Crippen LogP contribution in [0.2, 0.25) is 0 Å². The highest BCUT2D eigenvalue weighted by atomic mass is 19.1. The van der Waals surface area contributed by atoms with Crippen molar-refractivity contribution in [2.45, 2.75) is 32.3 Å². The van der Waals surface area contributed by atoms with E-state index in [1.54, 1.807) is 12.1 Å². The lowest BCUT2D eigenvalue weighted by Gasteiger charge is -2.34. The quantitative estimate of drug-likeness (QED) is 0.849. The molecule has 3 rings (SSSR count). The summed E-state index contributed by atoms with van der Waals surface area (Å²) in [5.74, 6) is 0.0432. The third-order valence-corrected chi connectivity index (χ3v) is 4.32. The van der Waals surface area contributed by atoms with E-state index in [0.29, 0.717) is 19.7 Å². The molecule has 1 atom stereocenters. The molecule has 4 heteroatoms. The van der Waals surface area contributed by atoms with E-state index in [1.165, 1.54) is 12.1 Å². The Morgan fingerprint density at radius 2 is 2.10 bits per heavy atom. The second kappa shape index (κ2) is 5.17. The number of nitrogens with zero attached hydrogens (tertiary/aromatic N) is 1. The molecule has 0 N–H and O–H groups in total. The highest BCUT2D eigenvalue weighted by molar-refractivity contribution is 5.85. The SMILES string of the molecule is CC1(C(=O)N2CCOC(Cc3ccc(F)cc3)C2)CC1. The van der Waals surface area contributed by atoms with Crippen LogP contribution in [0.25, 0.3) is 0 Å². The minimum absolute atomic E-state index is 0.0144. The number of carbonyl (C=O) groups is 1. The third kappa shape index (κ3) is 2.85. The van der Waals surface area contributed by atoms with Crippen LogP contribution >= 0.6 is 0 Å². The van der Waals surface area contributed by atoms with Crippen molar-refractivity contribution in [3.63, 3.8) is 0 Å². The normalized spacial score (nSPS) is 24.5. The number of rotatable bonds is 3. The minimum Gasteiger partial charge on any atom is -0.374 e. The van der Waals surface area contributed by atoms with Crippen LogP contribution in [-0.4, -0.2) is 36.6 Å². The highest BCUT2D eigenvalue weighted by Crippen LogP contribution is 2.46. The van der Waals surface area contributed by atoms with Crippen LogP contribution < -0.4 is 0 Å². The van der Waals surface area contributed by atoms with Gasteiger partial charge >= 0.3 is 0 Å². The van der Waals surface area contributed by atoms with E-state index in [0.717, 1.165) is 24.8 Å². The zero-order chi connectivity index (χ0) is 14.2. The maximum absolute atomic E-state index is 12.9. The average molecular weight is 277 g/mol. The molecule has 3 nitrogen and oxygen atoms in total. The van der Waals surface area contributed by atoms with E-state index in [-0.39, 0.29) is 23.2 Å². The first-order valence-corrected chi connectivity index (χ1v) is 7.22. The van der Waals surface area contributed by atoms with Crippen LogP contribution in [0.15, 0.2) is 24.3 Å². The molecule has 1 aliphatic carbocycles. The van der Waals surface area contributed by atoms with E-state index in [9.17, 15) is 9.18 Å². The van der Waals surface area contributed by atoms with E-state index in [4.69, 9.17) is 4.74 Å². The molecule has 1 aliphatic heterocycles. The van der Waals surface area contributed by atoms with Gasteiger partial charge in [0.25, 0.3) is 0 Å². The Kier molecular flexibility index (Phi) is 3.50. The number of hydrogen-bond acceptors (Lipinski definition) is 2. The van der Waals surface area contributed by atoms with Gasteiger partial charge in [-0.25, -0.2) is 4.39 Å². The first-order valence-electron chi connectivity index (χ1n) is 7.22. The maximum Gasteiger partial charge on any atom is 0.228 e. The van der Waals surface area contributed by atoms with Crippen molar-refractivity contribution >= 4 is 5.91 Å². The number of ether oxygens (including phenoxy) is 1. The summed E-state index contributed by atoms with van der Waals surface area (Å²) in [6.07, 6.45) is 2.75. The summed E-state index contributed by atoms with van der Waals surface area (Å²) in [4.78, 5) is 14.3. The van der Waals surface area contributed by atoms with Crippen molar-refractivity contribution in [1.29, 1.82) is 0 Å². The molecule has 108 valence electrons. The molecule has 1 amide bonds. The number of carbonyl (C=O) groups excluding carboxylic acids is 1.